The zero-order chi connectivity index (χ0) is 42.7. The van der Waals surface area contributed by atoms with Gasteiger partial charge in [0.2, 0.25) is 52.6 Å². The molecule has 0 aliphatic carbocycles. The molecule has 10 rings (SSSR count). The highest BCUT2D eigenvalue weighted by Gasteiger charge is 2.22. The fraction of sp³-hybridized carbons (Fsp3) is 0.217. The lowest BCUT2D eigenvalue weighted by atomic mass is 10.0. The van der Waals surface area contributed by atoms with Crippen molar-refractivity contribution in [3.8, 4) is 103 Å². The van der Waals surface area contributed by atoms with Crippen molar-refractivity contribution in [2.45, 2.75) is 66.7 Å². The lowest BCUT2D eigenvalue weighted by molar-refractivity contribution is 0.375. The average Bonchev–Trinajstić information content (AvgIpc) is 4.19. The van der Waals surface area contributed by atoms with Crippen molar-refractivity contribution in [2.75, 3.05) is 0 Å². The van der Waals surface area contributed by atoms with E-state index in [1.165, 1.54) is 0 Å². The van der Waals surface area contributed by atoms with Gasteiger partial charge in [-0.2, -0.15) is 29.9 Å². The van der Waals surface area contributed by atoms with E-state index >= 15 is 0 Å². The van der Waals surface area contributed by atoms with Crippen LogP contribution in [0.4, 0.5) is 0 Å². The molecule has 0 saturated heterocycles. The fourth-order valence-corrected chi connectivity index (χ4v) is 6.78. The van der Waals surface area contributed by atoms with Crippen LogP contribution in [0.1, 0.15) is 64.6 Å². The van der Waals surface area contributed by atoms with Crippen molar-refractivity contribution in [3.05, 3.63) is 109 Å². The third-order valence-electron chi connectivity index (χ3n) is 10.0. The molecule has 0 bridgehead atoms. The zero-order valence-electron chi connectivity index (χ0n) is 34.2. The first-order valence-electron chi connectivity index (χ1n) is 20.4. The van der Waals surface area contributed by atoms with E-state index in [2.05, 4.69) is 59.7 Å². The average molecular weight is 857 g/mol. The van der Waals surface area contributed by atoms with Crippen molar-refractivity contribution in [1.82, 2.24) is 60.8 Å². The van der Waals surface area contributed by atoms with E-state index in [-0.39, 0.29) is 25.1 Å². The number of hydrogen-bond donors (Lipinski definition) is 0. The van der Waals surface area contributed by atoms with Gasteiger partial charge in [-0.15, -0.1) is 0 Å². The first-order chi connectivity index (χ1) is 31.0. The Kier molecular flexibility index (Phi) is 11.5. The topological polar surface area (TPSA) is 234 Å². The predicted octanol–water partition coefficient (Wildman–Crippen LogP) is 10.6. The number of benzene rings is 4. The Bertz CT molecular complexity index is 3030. The van der Waals surface area contributed by atoms with E-state index in [9.17, 15) is 0 Å². The van der Waals surface area contributed by atoms with E-state index in [1.54, 1.807) is 6.92 Å². The molecule has 0 amide bonds. The van der Waals surface area contributed by atoms with Gasteiger partial charge in [0.25, 0.3) is 17.7 Å². The van der Waals surface area contributed by atoms with Crippen LogP contribution in [0.3, 0.4) is 0 Å². The van der Waals surface area contributed by atoms with Gasteiger partial charge < -0.3 is 27.1 Å². The van der Waals surface area contributed by atoms with Crippen LogP contribution in [0.5, 0.6) is 0 Å². The number of nitrogens with zero attached hydrogens (tertiary/aromatic N) is 12. The van der Waals surface area contributed by atoms with Crippen LogP contribution in [0, 0.1) is 6.92 Å². The Morgan fingerprint density at radius 2 is 0.656 bits per heavy atom. The Balaban J connectivity index is 0.00000518. The van der Waals surface area contributed by atoms with Crippen molar-refractivity contribution < 1.29 is 27.1 Å². The summed E-state index contributed by atoms with van der Waals surface area (Å²) >= 11 is 0. The van der Waals surface area contributed by atoms with E-state index in [4.69, 9.17) is 42.1 Å². The summed E-state index contributed by atoms with van der Waals surface area (Å²) in [6.07, 6.45) is 5.42. The van der Waals surface area contributed by atoms with Crippen LogP contribution < -0.4 is 0 Å². The van der Waals surface area contributed by atoms with Crippen molar-refractivity contribution in [1.29, 1.82) is 0 Å². The molecule has 0 unspecified atom stereocenters. The van der Waals surface area contributed by atoms with Gasteiger partial charge in [-0.1, -0.05) is 120 Å². The highest BCUT2D eigenvalue weighted by molar-refractivity contribution is 5.76. The lowest BCUT2D eigenvalue weighted by Gasteiger charge is -2.03. The van der Waals surface area contributed by atoms with Gasteiger partial charge in [0.15, 0.2) is 0 Å². The summed E-state index contributed by atoms with van der Waals surface area (Å²) in [5, 5.41) is 25.4. The molecule has 18 nitrogen and oxygen atoms in total. The second-order valence-corrected chi connectivity index (χ2v) is 14.7. The predicted molar refractivity (Wildman–Crippen MR) is 231 cm³/mol. The molecule has 0 aliphatic rings. The second-order valence-electron chi connectivity index (χ2n) is 14.7. The molecule has 0 aliphatic heterocycles. The quantitative estimate of drug-likeness (QED) is 0.0932. The van der Waals surface area contributed by atoms with Gasteiger partial charge >= 0.3 is 0 Å². The fourth-order valence-electron chi connectivity index (χ4n) is 6.78. The minimum Gasteiger partial charge on any atom is -0.339 e. The maximum absolute atomic E-state index is 5.88. The molecule has 0 radical (unpaired) electrons. The summed E-state index contributed by atoms with van der Waals surface area (Å²) in [7, 11) is 0. The minimum absolute atomic E-state index is 0. The second kappa shape index (κ2) is 18.0. The lowest BCUT2D eigenvalue weighted by Crippen LogP contribution is -1.89. The summed E-state index contributed by atoms with van der Waals surface area (Å²) < 4.78 is 33.8. The molecular formula is C46H40N12O6. The van der Waals surface area contributed by atoms with Gasteiger partial charge in [-0.05, 0) is 49.2 Å². The monoisotopic (exact) mass is 856 g/mol. The molecule has 18 heteroatoms. The third kappa shape index (κ3) is 8.61. The van der Waals surface area contributed by atoms with E-state index in [1.807, 2.05) is 91.0 Å². The Hall–Kier alpha value is -8.28. The molecule has 0 spiro atoms. The van der Waals surface area contributed by atoms with Gasteiger partial charge in [-0.3, -0.25) is 0 Å². The van der Waals surface area contributed by atoms with Crippen LogP contribution in [-0.2, 0) is 12.8 Å². The number of aryl methyl sites for hydroxylation is 3. The van der Waals surface area contributed by atoms with Crippen molar-refractivity contribution >= 4 is 0 Å². The Labute approximate surface area is 365 Å². The summed E-state index contributed by atoms with van der Waals surface area (Å²) in [6, 6.07) is 28.0. The zero-order valence-corrected chi connectivity index (χ0v) is 34.2. The van der Waals surface area contributed by atoms with Gasteiger partial charge in [0, 0.05) is 69.8 Å². The molecule has 64 heavy (non-hydrogen) atoms. The van der Waals surface area contributed by atoms with Gasteiger partial charge in [0.1, 0.15) is 0 Å². The molecular weight excluding hydrogens is 817 g/mol. The van der Waals surface area contributed by atoms with Crippen molar-refractivity contribution in [2.24, 2.45) is 0 Å². The summed E-state index contributed by atoms with van der Waals surface area (Å²) in [5.41, 5.74) is 5.91. The summed E-state index contributed by atoms with van der Waals surface area (Å²) in [5.74, 6) is 4.75. The molecule has 320 valence electrons. The minimum atomic E-state index is 0. The largest absolute Gasteiger partial charge is 0.339 e. The van der Waals surface area contributed by atoms with Gasteiger partial charge in [-0.25, -0.2) is 0 Å². The molecule has 0 fully saturated rings. The van der Waals surface area contributed by atoms with Gasteiger partial charge in [0.05, 0.1) is 0 Å². The summed E-state index contributed by atoms with van der Waals surface area (Å²) in [6.45, 7) is 5.96. The third-order valence-corrected chi connectivity index (χ3v) is 10.0. The van der Waals surface area contributed by atoms with Crippen LogP contribution in [0.2, 0.25) is 0 Å². The number of rotatable bonds is 15. The summed E-state index contributed by atoms with van der Waals surface area (Å²) in [4.78, 5) is 27.8. The maximum Gasteiger partial charge on any atom is 0.258 e. The molecule has 0 saturated carbocycles. The first kappa shape index (κ1) is 41.1. The molecule has 10 aromatic rings. The first-order valence-corrected chi connectivity index (χ1v) is 20.4. The molecule has 4 aromatic carbocycles. The van der Waals surface area contributed by atoms with Crippen LogP contribution >= 0.6 is 0 Å². The van der Waals surface area contributed by atoms with Crippen LogP contribution in [-0.4, -0.2) is 60.8 Å². The Morgan fingerprint density at radius 1 is 0.359 bits per heavy atom. The van der Waals surface area contributed by atoms with Crippen molar-refractivity contribution in [3.63, 3.8) is 0 Å². The molecule has 6 heterocycles. The van der Waals surface area contributed by atoms with E-state index in [0.29, 0.717) is 86.0 Å². The Morgan fingerprint density at radius 3 is 0.984 bits per heavy atom. The maximum atomic E-state index is 5.88. The standard InChI is InChI=1S/C45H36N12O6.CH4/c1-4-6-17-35-47-38(53-59-35)27-12-9-15-30(20-27)41-50-44(62-56-41)33-22-32(43-49-40(55-61-43)29-14-8-11-26(19-29)37-46-25(3)58-52-37)23-34(24-33)45-51-42(57-63-45)31-16-10-13-28(21-31)39-48-36(60-54-39)18-7-5-2;/h8-16,19-24H,4-7,17-18H2,1-3H3;1H4. The van der Waals surface area contributed by atoms with E-state index in [0.717, 1.165) is 55.2 Å². The molecule has 0 atom stereocenters. The van der Waals surface area contributed by atoms with Crippen LogP contribution in [0.25, 0.3) is 103 Å². The highest BCUT2D eigenvalue weighted by atomic mass is 16.5. The highest BCUT2D eigenvalue weighted by Crippen LogP contribution is 2.35. The number of unbranched alkanes of at least 4 members (excludes halogenated alkanes) is 2. The number of hydrogen-bond acceptors (Lipinski definition) is 18. The normalized spacial score (nSPS) is 11.3. The number of aromatic nitrogens is 12. The molecule has 6 aromatic heterocycles. The van der Waals surface area contributed by atoms with E-state index < -0.39 is 0 Å². The SMILES string of the molecule is C.CCCCc1nc(-c2cccc(-c3noc(-c4cc(-c5nc(-c6cccc(-c7noc(C)n7)c6)no5)cc(-c5nc(-c6cccc(-c7noc(CCCC)n7)c6)no5)c4)n3)c2)no1. The van der Waals surface area contributed by atoms with Crippen LogP contribution in [0.15, 0.2) is 118 Å². The smallest absolute Gasteiger partial charge is 0.258 e. The molecule has 0 N–H and O–H groups in total.